The number of benzene rings is 2. The molecule has 12 heteroatoms. The molecule has 0 amide bonds. The molecule has 0 saturated carbocycles. The highest BCUT2D eigenvalue weighted by molar-refractivity contribution is 6.05. The van der Waals surface area contributed by atoms with Gasteiger partial charge in [0.05, 0.1) is 47.9 Å². The molecule has 3 rings (SSSR count). The minimum Gasteiger partial charge on any atom is -0.497 e. The SMILES string of the molecule is CCOC(=O)c1c(-c2cc(OC)c(OC)cc2OC)c(C#N)c(=O)n(/N=C(\C)c2cc(OC)ccc2OC)c1N. The molecule has 210 valence electrons. The molecule has 0 spiro atoms. The molecule has 1 heterocycles. The maximum absolute atomic E-state index is 13.7. The van der Waals surface area contributed by atoms with E-state index in [9.17, 15) is 14.9 Å². The number of nitrogens with two attached hydrogens (primary N) is 1. The van der Waals surface area contributed by atoms with Crippen molar-refractivity contribution in [1.82, 2.24) is 4.68 Å². The van der Waals surface area contributed by atoms with Crippen LogP contribution in [0.5, 0.6) is 28.7 Å². The van der Waals surface area contributed by atoms with Crippen molar-refractivity contribution in [2.24, 2.45) is 5.10 Å². The number of nitrogen functional groups attached to an aromatic ring is 1. The second-order valence-corrected chi connectivity index (χ2v) is 8.12. The maximum atomic E-state index is 13.7. The minimum atomic E-state index is -0.874. The second-order valence-electron chi connectivity index (χ2n) is 8.12. The fourth-order valence-electron chi connectivity index (χ4n) is 4.09. The van der Waals surface area contributed by atoms with Crippen LogP contribution in [0.3, 0.4) is 0 Å². The predicted molar refractivity (Wildman–Crippen MR) is 148 cm³/mol. The molecule has 0 unspecified atom stereocenters. The largest absolute Gasteiger partial charge is 0.497 e. The highest BCUT2D eigenvalue weighted by Crippen LogP contribution is 2.43. The van der Waals surface area contributed by atoms with Crippen molar-refractivity contribution < 1.29 is 33.2 Å². The van der Waals surface area contributed by atoms with Crippen molar-refractivity contribution in [2.45, 2.75) is 13.8 Å². The van der Waals surface area contributed by atoms with E-state index in [1.54, 1.807) is 32.0 Å². The van der Waals surface area contributed by atoms with Crippen molar-refractivity contribution >= 4 is 17.5 Å². The van der Waals surface area contributed by atoms with Crippen LogP contribution in [0.1, 0.15) is 35.3 Å². The molecular weight excluding hydrogens is 520 g/mol. The summed E-state index contributed by atoms with van der Waals surface area (Å²) in [4.78, 5) is 27.0. The molecule has 2 N–H and O–H groups in total. The van der Waals surface area contributed by atoms with Gasteiger partial charge in [-0.2, -0.15) is 15.0 Å². The molecule has 3 aromatic rings. The molecule has 0 aliphatic rings. The normalized spacial score (nSPS) is 10.9. The summed E-state index contributed by atoms with van der Waals surface area (Å²) >= 11 is 0. The second kappa shape index (κ2) is 12.6. The molecule has 0 saturated heterocycles. The standard InChI is InChI=1S/C28H30N4O8/c1-8-40-28(34)25-24(18-12-22(38-6)23(39-7)13-21(18)37-5)19(14-29)27(33)32(26(25)30)31-15(2)17-11-16(35-3)9-10-20(17)36-4/h9-13H,8,30H2,1-7H3/b31-15+. The van der Waals surface area contributed by atoms with Crippen LogP contribution in [0, 0.1) is 11.3 Å². The van der Waals surface area contributed by atoms with Crippen LogP contribution < -0.4 is 35.0 Å². The van der Waals surface area contributed by atoms with Gasteiger partial charge in [-0.15, -0.1) is 0 Å². The lowest BCUT2D eigenvalue weighted by molar-refractivity contribution is 0.0527. The van der Waals surface area contributed by atoms with Gasteiger partial charge >= 0.3 is 5.97 Å². The molecule has 1 aromatic heterocycles. The maximum Gasteiger partial charge on any atom is 0.342 e. The van der Waals surface area contributed by atoms with E-state index in [1.165, 1.54) is 47.7 Å². The van der Waals surface area contributed by atoms with Crippen LogP contribution >= 0.6 is 0 Å². The van der Waals surface area contributed by atoms with Crippen LogP contribution in [0.4, 0.5) is 5.82 Å². The number of nitrogens with zero attached hydrogens (tertiary/aromatic N) is 3. The lowest BCUT2D eigenvalue weighted by Gasteiger charge is -2.19. The van der Waals surface area contributed by atoms with Crippen molar-refractivity contribution in [3.8, 4) is 45.9 Å². The topological polar surface area (TPSA) is 157 Å². The number of aromatic nitrogens is 1. The quantitative estimate of drug-likeness (QED) is 0.293. The predicted octanol–water partition coefficient (Wildman–Crippen LogP) is 3.46. The monoisotopic (exact) mass is 550 g/mol. The first-order valence-corrected chi connectivity index (χ1v) is 11.9. The fourth-order valence-corrected chi connectivity index (χ4v) is 4.09. The van der Waals surface area contributed by atoms with Gasteiger partial charge in [-0.3, -0.25) is 4.79 Å². The van der Waals surface area contributed by atoms with Crippen LogP contribution in [0.15, 0.2) is 40.2 Å². The number of ether oxygens (including phenoxy) is 6. The molecular formula is C28H30N4O8. The van der Waals surface area contributed by atoms with Crippen LogP contribution in [0.25, 0.3) is 11.1 Å². The lowest BCUT2D eigenvalue weighted by atomic mass is 9.94. The van der Waals surface area contributed by atoms with E-state index in [0.717, 1.165) is 4.68 Å². The Bertz CT molecular complexity index is 1570. The zero-order valence-corrected chi connectivity index (χ0v) is 23.3. The molecule has 0 radical (unpaired) electrons. The van der Waals surface area contributed by atoms with Gasteiger partial charge in [0.15, 0.2) is 11.5 Å². The summed E-state index contributed by atoms with van der Waals surface area (Å²) in [5, 5.41) is 14.6. The third-order valence-electron chi connectivity index (χ3n) is 6.00. The Morgan fingerprint density at radius 3 is 2.12 bits per heavy atom. The van der Waals surface area contributed by atoms with E-state index in [1.807, 2.05) is 6.07 Å². The van der Waals surface area contributed by atoms with Gasteiger partial charge in [0.25, 0.3) is 5.56 Å². The summed E-state index contributed by atoms with van der Waals surface area (Å²) in [6.45, 7) is 3.24. The van der Waals surface area contributed by atoms with E-state index in [0.29, 0.717) is 28.5 Å². The fraction of sp³-hybridized carbons (Fsp3) is 0.286. The van der Waals surface area contributed by atoms with Gasteiger partial charge in [0.1, 0.15) is 40.3 Å². The zero-order chi connectivity index (χ0) is 29.6. The molecule has 0 fully saturated rings. The number of esters is 1. The molecule has 0 bridgehead atoms. The van der Waals surface area contributed by atoms with Crippen molar-refractivity contribution in [2.75, 3.05) is 47.9 Å². The number of carbonyl (C=O) groups excluding carboxylic acids is 1. The van der Waals surface area contributed by atoms with Crippen molar-refractivity contribution in [1.29, 1.82) is 5.26 Å². The Morgan fingerprint density at radius 1 is 0.950 bits per heavy atom. The first-order chi connectivity index (χ1) is 19.2. The molecule has 0 aliphatic carbocycles. The summed E-state index contributed by atoms with van der Waals surface area (Å²) in [6, 6.07) is 9.93. The average Bonchev–Trinajstić information content (AvgIpc) is 2.97. The Labute approximate surface area is 231 Å². The number of hydrogen-bond donors (Lipinski definition) is 1. The number of nitriles is 1. The van der Waals surface area contributed by atoms with E-state index >= 15 is 0 Å². The first-order valence-electron chi connectivity index (χ1n) is 11.9. The number of methoxy groups -OCH3 is 5. The van der Waals surface area contributed by atoms with Gasteiger partial charge in [-0.1, -0.05) is 0 Å². The third-order valence-corrected chi connectivity index (χ3v) is 6.00. The van der Waals surface area contributed by atoms with E-state index in [2.05, 4.69) is 5.10 Å². The van der Waals surface area contributed by atoms with E-state index < -0.39 is 17.1 Å². The molecule has 0 aliphatic heterocycles. The molecule has 2 aromatic carbocycles. The number of pyridine rings is 1. The number of rotatable bonds is 10. The van der Waals surface area contributed by atoms with Gasteiger partial charge in [0, 0.05) is 22.8 Å². The summed E-state index contributed by atoms with van der Waals surface area (Å²) in [6.07, 6.45) is 0. The van der Waals surface area contributed by atoms with Crippen molar-refractivity contribution in [3.05, 3.63) is 57.4 Å². The van der Waals surface area contributed by atoms with E-state index in [4.69, 9.17) is 34.2 Å². The van der Waals surface area contributed by atoms with Gasteiger partial charge in [0.2, 0.25) is 0 Å². The highest BCUT2D eigenvalue weighted by Gasteiger charge is 2.30. The zero-order valence-electron chi connectivity index (χ0n) is 23.3. The molecule has 0 atom stereocenters. The third kappa shape index (κ3) is 5.35. The van der Waals surface area contributed by atoms with Crippen molar-refractivity contribution in [3.63, 3.8) is 0 Å². The lowest BCUT2D eigenvalue weighted by Crippen LogP contribution is -2.28. The Kier molecular flexibility index (Phi) is 9.24. The average molecular weight is 551 g/mol. The summed E-state index contributed by atoms with van der Waals surface area (Å²) in [5.41, 5.74) is 5.78. The van der Waals surface area contributed by atoms with Crippen LogP contribution in [-0.2, 0) is 4.74 Å². The Morgan fingerprint density at radius 2 is 1.57 bits per heavy atom. The Hall–Kier alpha value is -5.18. The first kappa shape index (κ1) is 29.4. The van der Waals surface area contributed by atoms with Gasteiger partial charge < -0.3 is 34.2 Å². The minimum absolute atomic E-state index is 0.00506. The van der Waals surface area contributed by atoms with Gasteiger partial charge in [-0.05, 0) is 38.1 Å². The summed E-state index contributed by atoms with van der Waals surface area (Å²) in [7, 11) is 7.24. The Balaban J connectivity index is 2.47. The molecule has 40 heavy (non-hydrogen) atoms. The van der Waals surface area contributed by atoms with Crippen LogP contribution in [0.2, 0.25) is 0 Å². The molecule has 12 nitrogen and oxygen atoms in total. The van der Waals surface area contributed by atoms with Crippen LogP contribution in [-0.4, -0.2) is 58.5 Å². The number of anilines is 1. The smallest absolute Gasteiger partial charge is 0.342 e. The van der Waals surface area contributed by atoms with E-state index in [-0.39, 0.29) is 40.6 Å². The number of hydrogen-bond acceptors (Lipinski definition) is 11. The van der Waals surface area contributed by atoms with Gasteiger partial charge in [-0.25, -0.2) is 4.79 Å². The summed E-state index contributed by atoms with van der Waals surface area (Å²) in [5.74, 6) is 0.529. The number of carbonyl (C=O) groups is 1. The summed E-state index contributed by atoms with van der Waals surface area (Å²) < 4.78 is 33.1. The highest BCUT2D eigenvalue weighted by atomic mass is 16.5.